The standard InChI is InChI=1S/Al.Li.Mg.Nd.6H/q;+1;+2;;;;;3*-1. The Kier molecular flexibility index (Phi) is 109. The first-order valence-electron chi connectivity index (χ1n) is 0. The summed E-state index contributed by atoms with van der Waals surface area (Å²) in [7, 11) is 0. The summed E-state index contributed by atoms with van der Waals surface area (Å²) in [6, 6.07) is 0. The van der Waals surface area contributed by atoms with Crippen molar-refractivity contribution in [3.05, 3.63) is 0 Å². The molecule has 0 aromatic heterocycles. The van der Waals surface area contributed by atoms with Crippen molar-refractivity contribution in [1.29, 1.82) is 0 Å². The molecule has 0 bridgehead atoms. The van der Waals surface area contributed by atoms with Crippen LogP contribution in [0.2, 0.25) is 0 Å². The molecule has 0 heterocycles. The van der Waals surface area contributed by atoms with E-state index in [1.165, 1.54) is 0 Å². The average Bonchev–Trinajstić information content (AvgIpc) is 0. The largest absolute Gasteiger partial charge is 2.00 e. The number of rotatable bonds is 0. The molecule has 0 aliphatic carbocycles. The van der Waals surface area contributed by atoms with Gasteiger partial charge in [-0.25, -0.2) is 0 Å². The van der Waals surface area contributed by atoms with Gasteiger partial charge in [-0.15, -0.1) is 0 Å². The maximum Gasteiger partial charge on any atom is 2.00 e. The molecule has 0 aromatic rings. The van der Waals surface area contributed by atoms with Gasteiger partial charge >= 0.3 is 41.9 Å². The molecule has 0 unspecified atom stereocenters. The molecule has 4 heteroatoms. The molecule has 4 heavy (non-hydrogen) atoms. The van der Waals surface area contributed by atoms with Crippen molar-refractivity contribution in [3.8, 4) is 0 Å². The first-order valence-corrected chi connectivity index (χ1v) is 0. The Labute approximate surface area is 102 Å². The Balaban J connectivity index is 0. The van der Waals surface area contributed by atoms with Crippen molar-refractivity contribution in [1.82, 2.24) is 0 Å². The smallest absolute Gasteiger partial charge is 1.00 e. The number of hydrogen-bond acceptors (Lipinski definition) is 0. The zero-order chi connectivity index (χ0) is 0. The van der Waals surface area contributed by atoms with Gasteiger partial charge in [0.25, 0.3) is 0 Å². The molecule has 0 atom stereocenters. The van der Waals surface area contributed by atoms with Gasteiger partial charge < -0.3 is 4.28 Å². The minimum absolute atomic E-state index is 0. The summed E-state index contributed by atoms with van der Waals surface area (Å²) in [4.78, 5) is 0. The molecule has 16 valence electrons. The molecule has 0 radical (unpaired) electrons. The third-order valence-electron chi connectivity index (χ3n) is 0. The maximum absolute atomic E-state index is 0. The molecule has 0 aliphatic heterocycles. The van der Waals surface area contributed by atoms with E-state index in [0.717, 1.165) is 0 Å². The van der Waals surface area contributed by atoms with Crippen LogP contribution in [-0.4, -0.2) is 40.4 Å². The summed E-state index contributed by atoms with van der Waals surface area (Å²) >= 11 is 0. The van der Waals surface area contributed by atoms with E-state index in [2.05, 4.69) is 0 Å². The molecular formula is H6AlLiMgNd. The van der Waals surface area contributed by atoms with E-state index in [4.69, 9.17) is 0 Å². The molecule has 0 aliphatic rings. The van der Waals surface area contributed by atoms with Gasteiger partial charge in [0.1, 0.15) is 0 Å². The maximum atomic E-state index is 0. The van der Waals surface area contributed by atoms with E-state index in [0.29, 0.717) is 0 Å². The second-order valence-corrected chi connectivity index (χ2v) is 0. The summed E-state index contributed by atoms with van der Waals surface area (Å²) < 4.78 is 0. The van der Waals surface area contributed by atoms with Crippen molar-refractivity contribution in [2.45, 2.75) is 0 Å². The van der Waals surface area contributed by atoms with Gasteiger partial charge in [-0.05, 0) is 0 Å². The van der Waals surface area contributed by atoms with Crippen LogP contribution in [0.25, 0.3) is 0 Å². The van der Waals surface area contributed by atoms with Gasteiger partial charge in [0.2, 0.25) is 0 Å². The Bertz CT molecular complexity index is 14.9. The first kappa shape index (κ1) is 26.8. The summed E-state index contributed by atoms with van der Waals surface area (Å²) in [5.41, 5.74) is 0. The molecule has 0 amide bonds. The molecule has 0 fully saturated rings. The Morgan fingerprint density at radius 2 is 1.25 bits per heavy atom. The van der Waals surface area contributed by atoms with Crippen LogP contribution in [0, 0.1) is 40.8 Å². The van der Waals surface area contributed by atoms with Gasteiger partial charge in [-0.1, -0.05) is 0 Å². The SMILES string of the molecule is [AlH3].[H-].[H-].[H-].[Li+].[Mg+2].[Nd]. The van der Waals surface area contributed by atoms with Crippen LogP contribution in [0.3, 0.4) is 0 Å². The van der Waals surface area contributed by atoms with Crippen molar-refractivity contribution in [2.24, 2.45) is 0 Å². The number of hydrogen-bond donors (Lipinski definition) is 0. The van der Waals surface area contributed by atoms with Crippen LogP contribution in [0.1, 0.15) is 4.28 Å². The van der Waals surface area contributed by atoms with E-state index in [-0.39, 0.29) is 104 Å². The van der Waals surface area contributed by atoms with Crippen LogP contribution in [-0.2, 0) is 0 Å². The minimum atomic E-state index is 0. The van der Waals surface area contributed by atoms with Gasteiger partial charge in [0.05, 0.1) is 0 Å². The molecule has 0 rings (SSSR count). The van der Waals surface area contributed by atoms with Crippen LogP contribution >= 0.6 is 0 Å². The van der Waals surface area contributed by atoms with E-state index < -0.39 is 0 Å². The zero-order valence-electron chi connectivity index (χ0n) is 5.21. The van der Waals surface area contributed by atoms with E-state index in [9.17, 15) is 0 Å². The van der Waals surface area contributed by atoms with Gasteiger partial charge in [0.15, 0.2) is 17.4 Å². The third-order valence-corrected chi connectivity index (χ3v) is 0. The molecule has 0 saturated carbocycles. The summed E-state index contributed by atoms with van der Waals surface area (Å²) in [6.07, 6.45) is 0. The predicted octanol–water partition coefficient (Wildman–Crippen LogP) is -4.22. The zero-order valence-corrected chi connectivity index (χ0v) is 6.83. The predicted molar refractivity (Wildman–Crippen MR) is 19.0 cm³/mol. The summed E-state index contributed by atoms with van der Waals surface area (Å²) in [6.45, 7) is 0. The van der Waals surface area contributed by atoms with Gasteiger partial charge in [0, 0.05) is 40.8 Å². The summed E-state index contributed by atoms with van der Waals surface area (Å²) in [5, 5.41) is 0. The molecule has 0 saturated heterocycles. The van der Waals surface area contributed by atoms with Crippen molar-refractivity contribution in [3.63, 3.8) is 0 Å². The van der Waals surface area contributed by atoms with Crippen molar-refractivity contribution >= 4 is 40.4 Å². The van der Waals surface area contributed by atoms with Crippen LogP contribution in [0.5, 0.6) is 0 Å². The fourth-order valence-corrected chi connectivity index (χ4v) is 0. The minimum Gasteiger partial charge on any atom is -1.00 e. The fourth-order valence-electron chi connectivity index (χ4n) is 0. The molecule has 0 aromatic carbocycles. The molecule has 0 spiro atoms. The fraction of sp³-hybridized carbons (Fsp3) is 0. The average molecular weight is 209 g/mol. The Morgan fingerprint density at radius 3 is 1.25 bits per heavy atom. The first-order chi connectivity index (χ1) is 0. The Morgan fingerprint density at radius 1 is 1.25 bits per heavy atom. The molecule has 0 nitrogen and oxygen atoms in total. The van der Waals surface area contributed by atoms with Crippen molar-refractivity contribution in [2.75, 3.05) is 0 Å². The van der Waals surface area contributed by atoms with E-state index in [1.54, 1.807) is 0 Å². The quantitative estimate of drug-likeness (QED) is 0.354. The van der Waals surface area contributed by atoms with Crippen LogP contribution in [0.4, 0.5) is 0 Å². The van der Waals surface area contributed by atoms with Crippen molar-refractivity contribution < 1.29 is 64.0 Å². The van der Waals surface area contributed by atoms with Crippen LogP contribution in [0.15, 0.2) is 0 Å². The van der Waals surface area contributed by atoms with Gasteiger partial charge in [-0.2, -0.15) is 0 Å². The monoisotopic (exact) mass is 206 g/mol. The second kappa shape index (κ2) is 16.3. The van der Waals surface area contributed by atoms with E-state index >= 15 is 0 Å². The topological polar surface area (TPSA) is 0 Å². The molecule has 0 N–H and O–H groups in total. The third kappa shape index (κ3) is 8.98. The van der Waals surface area contributed by atoms with Crippen LogP contribution < -0.4 is 18.9 Å². The van der Waals surface area contributed by atoms with E-state index in [1.807, 2.05) is 0 Å². The second-order valence-electron chi connectivity index (χ2n) is 0. The van der Waals surface area contributed by atoms with Gasteiger partial charge in [-0.3, -0.25) is 0 Å². The normalized spacial score (nSPS) is 0. The summed E-state index contributed by atoms with van der Waals surface area (Å²) in [5.74, 6) is 0. The molecular weight excluding hydrogens is 202 g/mol. The Hall–Kier alpha value is 3.25.